The summed E-state index contributed by atoms with van der Waals surface area (Å²) in [5.41, 5.74) is 11.1. The summed E-state index contributed by atoms with van der Waals surface area (Å²) in [5.74, 6) is 3.37. The highest BCUT2D eigenvalue weighted by molar-refractivity contribution is 6.00. The zero-order valence-corrected chi connectivity index (χ0v) is 26.2. The molecule has 1 aromatic carbocycles. The Labute approximate surface area is 265 Å². The van der Waals surface area contributed by atoms with Crippen LogP contribution in [0.3, 0.4) is 0 Å². The summed E-state index contributed by atoms with van der Waals surface area (Å²) in [5, 5.41) is 7.03. The molecule has 3 fully saturated rings. The Bertz CT molecular complexity index is 2010. The average molecular weight is 620 g/mol. The number of aryl methyl sites for hydroxylation is 1. The summed E-state index contributed by atoms with van der Waals surface area (Å²) in [6.07, 6.45) is 6.09. The van der Waals surface area contributed by atoms with Gasteiger partial charge >= 0.3 is 0 Å². The smallest absolute Gasteiger partial charge is 0.254 e. The van der Waals surface area contributed by atoms with E-state index >= 15 is 0 Å². The van der Waals surface area contributed by atoms with Crippen molar-refractivity contribution >= 4 is 51.2 Å². The van der Waals surface area contributed by atoms with Crippen LogP contribution in [0.2, 0.25) is 0 Å². The minimum absolute atomic E-state index is 0.0120. The number of carbonyl (C=O) groups excluding carboxylic acids is 2. The maximum Gasteiger partial charge on any atom is 0.254 e. The lowest BCUT2D eigenvalue weighted by molar-refractivity contribution is -0.114. The number of imidazole rings is 1. The minimum Gasteiger partial charge on any atom is -0.494 e. The molecule has 236 valence electrons. The molecule has 2 saturated carbocycles. The van der Waals surface area contributed by atoms with Crippen LogP contribution in [-0.4, -0.2) is 66.5 Å². The molecule has 0 spiro atoms. The van der Waals surface area contributed by atoms with E-state index in [0.717, 1.165) is 53.1 Å². The summed E-state index contributed by atoms with van der Waals surface area (Å²) in [6, 6.07) is 13.6. The molecule has 8 rings (SSSR count). The molecule has 3 atom stereocenters. The van der Waals surface area contributed by atoms with Gasteiger partial charge in [0.25, 0.3) is 5.91 Å². The van der Waals surface area contributed by atoms with E-state index in [2.05, 4.69) is 36.9 Å². The fraction of sp³-hybridized carbons (Fsp3) is 0.382. The van der Waals surface area contributed by atoms with Gasteiger partial charge in [0.1, 0.15) is 28.5 Å². The largest absolute Gasteiger partial charge is 0.494 e. The first-order valence-corrected chi connectivity index (χ1v) is 15.9. The number of nitrogens with one attached hydrogen (secondary N) is 2. The van der Waals surface area contributed by atoms with Gasteiger partial charge in [-0.3, -0.25) is 9.59 Å². The topological polar surface area (TPSA) is 145 Å². The van der Waals surface area contributed by atoms with Crippen LogP contribution in [0.25, 0.3) is 33.6 Å². The van der Waals surface area contributed by atoms with Crippen LogP contribution in [0, 0.1) is 11.8 Å². The molecule has 1 saturated heterocycles. The summed E-state index contributed by atoms with van der Waals surface area (Å²) in [4.78, 5) is 41.5. The molecule has 2 amide bonds. The normalized spacial score (nSPS) is 20.5. The number of likely N-dealkylation sites (tertiary alicyclic amines) is 1. The van der Waals surface area contributed by atoms with Crippen molar-refractivity contribution in [2.45, 2.75) is 51.2 Å². The van der Waals surface area contributed by atoms with Crippen molar-refractivity contribution in [2.24, 2.45) is 24.6 Å². The number of methoxy groups -OCH3 is 1. The van der Waals surface area contributed by atoms with Gasteiger partial charge in [0.05, 0.1) is 30.2 Å². The summed E-state index contributed by atoms with van der Waals surface area (Å²) >= 11 is 0. The molecule has 1 aliphatic heterocycles. The quantitative estimate of drug-likeness (QED) is 0.227. The van der Waals surface area contributed by atoms with Gasteiger partial charge in [-0.1, -0.05) is 0 Å². The van der Waals surface area contributed by atoms with Gasteiger partial charge in [0.2, 0.25) is 5.91 Å². The molecule has 4 aromatic heterocycles. The van der Waals surface area contributed by atoms with E-state index in [1.807, 2.05) is 36.2 Å². The third kappa shape index (κ3) is 4.84. The molecule has 5 heterocycles. The number of amides is 2. The highest BCUT2D eigenvalue weighted by atomic mass is 16.5. The van der Waals surface area contributed by atoms with E-state index in [0.29, 0.717) is 46.8 Å². The summed E-state index contributed by atoms with van der Waals surface area (Å²) in [6.45, 7) is 3.00. The van der Waals surface area contributed by atoms with Crippen molar-refractivity contribution in [1.29, 1.82) is 0 Å². The number of anilines is 3. The summed E-state index contributed by atoms with van der Waals surface area (Å²) in [7, 11) is 3.62. The average Bonchev–Trinajstić information content (AvgIpc) is 3.46. The number of ether oxygens (including phenoxy) is 1. The molecule has 2 bridgehead atoms. The van der Waals surface area contributed by atoms with Crippen LogP contribution in [0.1, 0.15) is 43.0 Å². The van der Waals surface area contributed by atoms with Gasteiger partial charge in [0, 0.05) is 50.1 Å². The molecule has 0 unspecified atom stereocenters. The monoisotopic (exact) mass is 619 g/mol. The van der Waals surface area contributed by atoms with Crippen LogP contribution >= 0.6 is 0 Å². The number of fused-ring (bicyclic) bond motifs is 4. The molecule has 12 nitrogen and oxygen atoms in total. The molecule has 2 aliphatic carbocycles. The lowest BCUT2D eigenvalue weighted by Crippen LogP contribution is -2.41. The molecule has 4 N–H and O–H groups in total. The minimum atomic E-state index is -0.167. The highest BCUT2D eigenvalue weighted by Gasteiger charge is 2.47. The number of benzene rings is 1. The lowest BCUT2D eigenvalue weighted by atomic mass is 10.1. The van der Waals surface area contributed by atoms with Crippen molar-refractivity contribution in [3.8, 4) is 17.3 Å². The van der Waals surface area contributed by atoms with Crippen LogP contribution in [0.15, 0.2) is 48.7 Å². The van der Waals surface area contributed by atoms with Gasteiger partial charge in [-0.15, -0.1) is 0 Å². The molecule has 0 radical (unpaired) electrons. The Morgan fingerprint density at radius 1 is 1.04 bits per heavy atom. The Morgan fingerprint density at radius 2 is 1.87 bits per heavy atom. The second-order valence-electron chi connectivity index (χ2n) is 12.9. The zero-order valence-electron chi connectivity index (χ0n) is 26.2. The Kier molecular flexibility index (Phi) is 6.71. The lowest BCUT2D eigenvalue weighted by Gasteiger charge is -2.27. The second kappa shape index (κ2) is 10.8. The maximum atomic E-state index is 13.7. The number of nitrogens with zero attached hydrogens (tertiary/aromatic N) is 6. The Morgan fingerprint density at radius 3 is 2.54 bits per heavy atom. The van der Waals surface area contributed by atoms with E-state index in [9.17, 15) is 9.59 Å². The first kappa shape index (κ1) is 28.5. The van der Waals surface area contributed by atoms with Gasteiger partial charge in [-0.2, -0.15) is 0 Å². The number of hydrogen-bond donors (Lipinski definition) is 3. The van der Waals surface area contributed by atoms with E-state index in [1.165, 1.54) is 19.8 Å². The van der Waals surface area contributed by atoms with Crippen LogP contribution in [0.5, 0.6) is 5.75 Å². The third-order valence-electron chi connectivity index (χ3n) is 9.77. The zero-order chi connectivity index (χ0) is 31.7. The van der Waals surface area contributed by atoms with E-state index in [-0.39, 0.29) is 23.9 Å². The third-order valence-corrected chi connectivity index (χ3v) is 9.77. The number of nitrogens with two attached hydrogens (primary N) is 1. The van der Waals surface area contributed by atoms with E-state index in [4.69, 9.17) is 20.4 Å². The standard InChI is InChI=1S/C34H37N9O3/c1-18(44)37-28-11-8-23(15-36-28)38-29-10-7-20-13-26(42(32(20)40-29)16-19-4-5-19)33-39-24-12-22(14-27(46-3)31(24)41(33)2)34(45)43-17-21-6-9-25(43)30(21)35/h7-8,10-15,19,21,25,30H,4-6,9,16-17,35H2,1-3H3,(H,38,40)(H,36,37,44)/t21-,25-,30-/m1/s1. The van der Waals surface area contributed by atoms with Crippen molar-refractivity contribution in [3.63, 3.8) is 0 Å². The molecular formula is C34H37N9O3. The van der Waals surface area contributed by atoms with Crippen molar-refractivity contribution < 1.29 is 14.3 Å². The fourth-order valence-electron chi connectivity index (χ4n) is 7.26. The molecule has 3 aliphatic rings. The van der Waals surface area contributed by atoms with Crippen LogP contribution in [-0.2, 0) is 18.4 Å². The SMILES string of the molecule is COc1cc(C(=O)N2C[C@H]3CC[C@@H]2[C@@H]3N)cc2nc(-c3cc4ccc(Nc5ccc(NC(C)=O)nc5)nc4n3CC3CC3)n(C)c12. The Hall–Kier alpha value is -4.97. The number of hydrogen-bond acceptors (Lipinski definition) is 8. The van der Waals surface area contributed by atoms with Crippen LogP contribution in [0.4, 0.5) is 17.3 Å². The fourth-order valence-corrected chi connectivity index (χ4v) is 7.26. The number of pyridine rings is 2. The second-order valence-corrected chi connectivity index (χ2v) is 12.9. The number of piperidine rings is 1. The Balaban J connectivity index is 1.16. The first-order chi connectivity index (χ1) is 22.3. The predicted octanol–water partition coefficient (Wildman–Crippen LogP) is 4.67. The molecule has 46 heavy (non-hydrogen) atoms. The maximum absolute atomic E-state index is 13.7. The van der Waals surface area contributed by atoms with Gasteiger partial charge in [-0.25, -0.2) is 15.0 Å². The number of carbonyl (C=O) groups is 2. The summed E-state index contributed by atoms with van der Waals surface area (Å²) < 4.78 is 10.2. The van der Waals surface area contributed by atoms with E-state index in [1.54, 1.807) is 19.4 Å². The van der Waals surface area contributed by atoms with Crippen molar-refractivity contribution in [3.05, 3.63) is 54.2 Å². The van der Waals surface area contributed by atoms with Crippen molar-refractivity contribution in [1.82, 2.24) is 29.0 Å². The van der Waals surface area contributed by atoms with Crippen LogP contribution < -0.4 is 21.1 Å². The molecular weight excluding hydrogens is 582 g/mol. The molecule has 12 heteroatoms. The highest BCUT2D eigenvalue weighted by Crippen LogP contribution is 2.40. The first-order valence-electron chi connectivity index (χ1n) is 15.9. The van der Waals surface area contributed by atoms with Gasteiger partial charge < -0.3 is 35.1 Å². The van der Waals surface area contributed by atoms with Crippen molar-refractivity contribution in [2.75, 3.05) is 24.3 Å². The molecule has 5 aromatic rings. The van der Waals surface area contributed by atoms with Gasteiger partial charge in [0.15, 0.2) is 5.82 Å². The predicted molar refractivity (Wildman–Crippen MR) is 176 cm³/mol. The van der Waals surface area contributed by atoms with Gasteiger partial charge in [-0.05, 0) is 80.0 Å². The number of rotatable bonds is 8. The van der Waals surface area contributed by atoms with E-state index < -0.39 is 0 Å². The number of aromatic nitrogens is 5.